The van der Waals surface area contributed by atoms with Crippen LogP contribution in [0.5, 0.6) is 0 Å². The first kappa shape index (κ1) is 14.7. The van der Waals surface area contributed by atoms with Gasteiger partial charge in [0.2, 0.25) is 0 Å². The van der Waals surface area contributed by atoms with Crippen LogP contribution in [-0.4, -0.2) is 0 Å². The van der Waals surface area contributed by atoms with Crippen molar-refractivity contribution in [1.82, 2.24) is 0 Å². The van der Waals surface area contributed by atoms with E-state index in [0.717, 1.165) is 16.5 Å². The highest BCUT2D eigenvalue weighted by atomic mass is 79.9. The lowest BCUT2D eigenvalue weighted by Gasteiger charge is -2.12. The van der Waals surface area contributed by atoms with Crippen LogP contribution in [0.15, 0.2) is 65.1 Å². The smallest absolute Gasteiger partial charge is 0.123 e. The first-order valence-electron chi connectivity index (χ1n) is 6.69. The molecule has 0 fully saturated rings. The second kappa shape index (κ2) is 6.29. The molecule has 1 unspecified atom stereocenters. The topological polar surface area (TPSA) is 0 Å². The summed E-state index contributed by atoms with van der Waals surface area (Å²) in [5.41, 5.74) is 2.35. The fourth-order valence-electron chi connectivity index (χ4n) is 2.38. The first-order chi connectivity index (χ1) is 10.1. The summed E-state index contributed by atoms with van der Waals surface area (Å²) < 4.78 is 14.0. The minimum Gasteiger partial charge on any atom is -0.207 e. The third kappa shape index (κ3) is 3.53. The van der Waals surface area contributed by atoms with Gasteiger partial charge < -0.3 is 0 Å². The van der Waals surface area contributed by atoms with Gasteiger partial charge in [0.25, 0.3) is 0 Å². The molecule has 0 N–H and O–H groups in total. The van der Waals surface area contributed by atoms with Crippen molar-refractivity contribution in [3.63, 3.8) is 0 Å². The second-order valence-corrected chi connectivity index (χ2v) is 7.07. The number of benzene rings is 3. The SMILES string of the molecule is Fc1ccc(CC(Br)c2ccc3cc(Br)ccc3c2)cc1. The molecule has 106 valence electrons. The summed E-state index contributed by atoms with van der Waals surface area (Å²) in [6, 6.07) is 19.4. The summed E-state index contributed by atoms with van der Waals surface area (Å²) in [7, 11) is 0. The Hall–Kier alpha value is -1.19. The van der Waals surface area contributed by atoms with Crippen LogP contribution in [0.3, 0.4) is 0 Å². The molecule has 0 nitrogen and oxygen atoms in total. The Kier molecular flexibility index (Phi) is 4.41. The van der Waals surface area contributed by atoms with Crippen molar-refractivity contribution in [3.05, 3.63) is 82.1 Å². The van der Waals surface area contributed by atoms with E-state index in [-0.39, 0.29) is 10.6 Å². The Bertz CT molecular complexity index is 766. The van der Waals surface area contributed by atoms with Gasteiger partial charge in [-0.3, -0.25) is 0 Å². The molecule has 0 aromatic heterocycles. The summed E-state index contributed by atoms with van der Waals surface area (Å²) in [6.07, 6.45) is 0.836. The van der Waals surface area contributed by atoms with E-state index < -0.39 is 0 Å². The predicted molar refractivity (Wildman–Crippen MR) is 93.4 cm³/mol. The molecule has 3 aromatic carbocycles. The molecule has 0 amide bonds. The molecule has 0 spiro atoms. The minimum atomic E-state index is -0.193. The van der Waals surface area contributed by atoms with Crippen molar-refractivity contribution < 1.29 is 4.39 Å². The highest BCUT2D eigenvalue weighted by molar-refractivity contribution is 9.10. The zero-order valence-corrected chi connectivity index (χ0v) is 14.4. The number of halogens is 3. The van der Waals surface area contributed by atoms with Gasteiger partial charge >= 0.3 is 0 Å². The summed E-state index contributed by atoms with van der Waals surface area (Å²) >= 11 is 7.23. The van der Waals surface area contributed by atoms with Gasteiger partial charge in [0.1, 0.15) is 5.82 Å². The Morgan fingerprint density at radius 2 is 1.52 bits per heavy atom. The molecule has 1 atom stereocenters. The van der Waals surface area contributed by atoms with Crippen LogP contribution in [-0.2, 0) is 6.42 Å². The lowest BCUT2D eigenvalue weighted by atomic mass is 10.0. The highest BCUT2D eigenvalue weighted by Gasteiger charge is 2.09. The predicted octanol–water partition coefficient (Wildman–Crippen LogP) is 6.42. The van der Waals surface area contributed by atoms with E-state index in [1.807, 2.05) is 12.1 Å². The maximum atomic E-state index is 12.9. The van der Waals surface area contributed by atoms with E-state index in [1.165, 1.54) is 28.5 Å². The van der Waals surface area contributed by atoms with Crippen LogP contribution in [0, 0.1) is 5.82 Å². The molecule has 3 aromatic rings. The van der Waals surface area contributed by atoms with Crippen LogP contribution in [0.25, 0.3) is 10.8 Å². The van der Waals surface area contributed by atoms with Crippen LogP contribution >= 0.6 is 31.9 Å². The quantitative estimate of drug-likeness (QED) is 0.439. The Morgan fingerprint density at radius 3 is 2.29 bits per heavy atom. The molecule has 0 aliphatic rings. The van der Waals surface area contributed by atoms with E-state index in [4.69, 9.17) is 0 Å². The number of alkyl halides is 1. The zero-order chi connectivity index (χ0) is 14.8. The van der Waals surface area contributed by atoms with E-state index in [0.29, 0.717) is 0 Å². The highest BCUT2D eigenvalue weighted by Crippen LogP contribution is 2.30. The molecule has 0 aliphatic heterocycles. The van der Waals surface area contributed by atoms with Gasteiger partial charge in [-0.2, -0.15) is 0 Å². The molecule has 3 heteroatoms. The van der Waals surface area contributed by atoms with Gasteiger partial charge in [0.15, 0.2) is 0 Å². The molecular weight excluding hydrogens is 395 g/mol. The molecule has 0 saturated heterocycles. The third-order valence-corrected chi connectivity index (χ3v) is 4.86. The van der Waals surface area contributed by atoms with Crippen LogP contribution in [0.2, 0.25) is 0 Å². The lowest BCUT2D eigenvalue weighted by Crippen LogP contribution is -1.95. The van der Waals surface area contributed by atoms with Gasteiger partial charge in [0, 0.05) is 9.30 Å². The molecule has 0 aliphatic carbocycles. The first-order valence-corrected chi connectivity index (χ1v) is 8.40. The summed E-state index contributed by atoms with van der Waals surface area (Å²) in [5, 5.41) is 2.44. The lowest BCUT2D eigenvalue weighted by molar-refractivity contribution is 0.627. The van der Waals surface area contributed by atoms with E-state index in [1.54, 1.807) is 0 Å². The molecular formula is C18H13Br2F. The average Bonchev–Trinajstić information content (AvgIpc) is 2.49. The molecule has 0 saturated carbocycles. The van der Waals surface area contributed by atoms with Crippen LogP contribution in [0.4, 0.5) is 4.39 Å². The fourth-order valence-corrected chi connectivity index (χ4v) is 3.41. The van der Waals surface area contributed by atoms with Crippen molar-refractivity contribution >= 4 is 42.6 Å². The van der Waals surface area contributed by atoms with Gasteiger partial charge in [-0.05, 0) is 52.6 Å². The number of fused-ring (bicyclic) bond motifs is 1. The molecule has 0 heterocycles. The molecule has 21 heavy (non-hydrogen) atoms. The minimum absolute atomic E-state index is 0.193. The second-order valence-electron chi connectivity index (χ2n) is 5.05. The van der Waals surface area contributed by atoms with Gasteiger partial charge in [-0.25, -0.2) is 4.39 Å². The Balaban J connectivity index is 1.85. The zero-order valence-electron chi connectivity index (χ0n) is 11.2. The van der Waals surface area contributed by atoms with Gasteiger partial charge in [-0.15, -0.1) is 0 Å². The van der Waals surface area contributed by atoms with Crippen molar-refractivity contribution in [2.45, 2.75) is 11.2 Å². The van der Waals surface area contributed by atoms with E-state index in [2.05, 4.69) is 68.3 Å². The third-order valence-electron chi connectivity index (χ3n) is 3.52. The Labute approximate surface area is 140 Å². The average molecular weight is 408 g/mol. The standard InChI is InChI=1S/C18H13Br2F/c19-16-6-5-13-10-15(4-3-14(13)11-16)18(20)9-12-1-7-17(21)8-2-12/h1-8,10-11,18H,9H2. The largest absolute Gasteiger partial charge is 0.207 e. The number of hydrogen-bond acceptors (Lipinski definition) is 0. The fraction of sp³-hybridized carbons (Fsp3) is 0.111. The van der Waals surface area contributed by atoms with Gasteiger partial charge in [0.05, 0.1) is 0 Å². The van der Waals surface area contributed by atoms with Crippen LogP contribution < -0.4 is 0 Å². The Morgan fingerprint density at radius 1 is 0.857 bits per heavy atom. The van der Waals surface area contributed by atoms with Crippen molar-refractivity contribution in [2.24, 2.45) is 0 Å². The van der Waals surface area contributed by atoms with Crippen molar-refractivity contribution in [3.8, 4) is 0 Å². The summed E-state index contributed by atoms with van der Waals surface area (Å²) in [5.74, 6) is -0.193. The molecule has 0 bridgehead atoms. The van der Waals surface area contributed by atoms with E-state index >= 15 is 0 Å². The number of hydrogen-bond donors (Lipinski definition) is 0. The molecule has 3 rings (SSSR count). The maximum absolute atomic E-state index is 12.9. The van der Waals surface area contributed by atoms with E-state index in [9.17, 15) is 4.39 Å². The summed E-state index contributed by atoms with van der Waals surface area (Å²) in [4.78, 5) is 0.219. The van der Waals surface area contributed by atoms with Crippen LogP contribution in [0.1, 0.15) is 16.0 Å². The molecule has 0 radical (unpaired) electrons. The van der Waals surface area contributed by atoms with Crippen molar-refractivity contribution in [1.29, 1.82) is 0 Å². The monoisotopic (exact) mass is 406 g/mol. The number of rotatable bonds is 3. The normalized spacial score (nSPS) is 12.5. The van der Waals surface area contributed by atoms with Gasteiger partial charge in [-0.1, -0.05) is 68.3 Å². The maximum Gasteiger partial charge on any atom is 0.123 e. The van der Waals surface area contributed by atoms with Crippen molar-refractivity contribution in [2.75, 3.05) is 0 Å². The summed E-state index contributed by atoms with van der Waals surface area (Å²) in [6.45, 7) is 0.